The van der Waals surface area contributed by atoms with Crippen LogP contribution in [0.15, 0.2) is 71.7 Å². The molecule has 5 rings (SSSR count). The van der Waals surface area contributed by atoms with E-state index >= 15 is 0 Å². The fraction of sp³-hybridized carbons (Fsp3) is 0.0500. The number of nitrogens with zero attached hydrogens (tertiary/aromatic N) is 1. The molecule has 0 bridgehead atoms. The predicted molar refractivity (Wildman–Crippen MR) is 89.7 cm³/mol. The molecule has 0 saturated carbocycles. The Morgan fingerprint density at radius 3 is 1.96 bits per heavy atom. The molecule has 0 N–H and O–H groups in total. The summed E-state index contributed by atoms with van der Waals surface area (Å²) in [4.78, 5) is 4.90. The molecule has 0 amide bonds. The first-order valence-corrected chi connectivity index (χ1v) is 7.58. The van der Waals surface area contributed by atoms with Crippen molar-refractivity contribution in [2.45, 2.75) is 0 Å². The third-order valence-electron chi connectivity index (χ3n) is 4.25. The van der Waals surface area contributed by atoms with E-state index in [1.165, 1.54) is 22.3 Å². The number of benzene rings is 3. The monoisotopic (exact) mass is 299 g/mol. The van der Waals surface area contributed by atoms with Gasteiger partial charge < -0.3 is 9.47 Å². The van der Waals surface area contributed by atoms with E-state index in [0.29, 0.717) is 0 Å². The smallest absolute Gasteiger partial charge is 0.231 e. The maximum Gasteiger partial charge on any atom is 0.231 e. The lowest BCUT2D eigenvalue weighted by Gasteiger charge is -2.03. The van der Waals surface area contributed by atoms with Gasteiger partial charge in [0.1, 0.15) is 0 Å². The Kier molecular flexibility index (Phi) is 2.56. The summed E-state index contributed by atoms with van der Waals surface area (Å²) in [7, 11) is 0. The summed E-state index contributed by atoms with van der Waals surface area (Å²) in [5, 5.41) is 0. The minimum absolute atomic E-state index is 0.279. The van der Waals surface area contributed by atoms with Crippen LogP contribution in [0.1, 0.15) is 11.1 Å². The maximum absolute atomic E-state index is 5.45. The van der Waals surface area contributed by atoms with Gasteiger partial charge in [-0.15, -0.1) is 0 Å². The Bertz CT molecular complexity index is 912. The highest BCUT2D eigenvalue weighted by Gasteiger charge is 2.24. The van der Waals surface area contributed by atoms with Crippen LogP contribution in [0.2, 0.25) is 0 Å². The SMILES string of the molecule is c1ccc2c(c1)C(=Nc1ccc3c(c1)OCO3)c1ccccc1-2. The second kappa shape index (κ2) is 4.71. The molecule has 3 aromatic carbocycles. The van der Waals surface area contributed by atoms with Gasteiger partial charge in [0, 0.05) is 17.2 Å². The molecule has 0 spiro atoms. The van der Waals surface area contributed by atoms with Crippen molar-refractivity contribution in [3.05, 3.63) is 77.9 Å². The summed E-state index contributed by atoms with van der Waals surface area (Å²) >= 11 is 0. The number of ether oxygens (including phenoxy) is 2. The minimum atomic E-state index is 0.279. The Hall–Kier alpha value is -3.07. The molecule has 3 nitrogen and oxygen atoms in total. The molecule has 0 unspecified atom stereocenters. The van der Waals surface area contributed by atoms with Gasteiger partial charge in [0.05, 0.1) is 11.4 Å². The lowest BCUT2D eigenvalue weighted by molar-refractivity contribution is 0.174. The molecule has 0 aromatic heterocycles. The van der Waals surface area contributed by atoms with Crippen molar-refractivity contribution >= 4 is 11.4 Å². The van der Waals surface area contributed by atoms with E-state index in [2.05, 4.69) is 48.5 Å². The largest absolute Gasteiger partial charge is 0.454 e. The summed E-state index contributed by atoms with van der Waals surface area (Å²) in [6.07, 6.45) is 0. The highest BCUT2D eigenvalue weighted by Crippen LogP contribution is 2.39. The second-order valence-corrected chi connectivity index (χ2v) is 5.59. The number of aliphatic imine (C=N–C) groups is 1. The van der Waals surface area contributed by atoms with Crippen LogP contribution in [-0.2, 0) is 0 Å². The zero-order valence-corrected chi connectivity index (χ0v) is 12.3. The van der Waals surface area contributed by atoms with E-state index in [1.807, 2.05) is 18.2 Å². The Morgan fingerprint density at radius 1 is 0.652 bits per heavy atom. The van der Waals surface area contributed by atoms with Gasteiger partial charge in [-0.1, -0.05) is 48.5 Å². The molecule has 110 valence electrons. The van der Waals surface area contributed by atoms with Crippen LogP contribution in [0.25, 0.3) is 11.1 Å². The van der Waals surface area contributed by atoms with Gasteiger partial charge in [-0.05, 0) is 23.3 Å². The maximum atomic E-state index is 5.45. The quantitative estimate of drug-likeness (QED) is 0.515. The summed E-state index contributed by atoms with van der Waals surface area (Å²) in [6, 6.07) is 22.6. The molecule has 1 aliphatic heterocycles. The molecule has 3 heteroatoms. The Labute approximate surface area is 133 Å². The first-order chi connectivity index (χ1) is 11.4. The molecule has 23 heavy (non-hydrogen) atoms. The third-order valence-corrected chi connectivity index (χ3v) is 4.25. The van der Waals surface area contributed by atoms with Crippen molar-refractivity contribution in [1.29, 1.82) is 0 Å². The predicted octanol–water partition coefficient (Wildman–Crippen LogP) is 4.56. The van der Waals surface area contributed by atoms with Crippen molar-refractivity contribution in [1.82, 2.24) is 0 Å². The Balaban J connectivity index is 1.71. The van der Waals surface area contributed by atoms with Crippen molar-refractivity contribution in [2.75, 3.05) is 6.79 Å². The van der Waals surface area contributed by atoms with Crippen LogP contribution in [0.3, 0.4) is 0 Å². The average Bonchev–Trinajstić information content (AvgIpc) is 3.19. The molecule has 0 atom stereocenters. The van der Waals surface area contributed by atoms with Gasteiger partial charge in [-0.2, -0.15) is 0 Å². The number of hydrogen-bond donors (Lipinski definition) is 0. The van der Waals surface area contributed by atoms with E-state index in [4.69, 9.17) is 14.5 Å². The number of rotatable bonds is 1. The fourth-order valence-corrected chi connectivity index (χ4v) is 3.20. The first-order valence-electron chi connectivity index (χ1n) is 7.58. The molecule has 2 aliphatic rings. The van der Waals surface area contributed by atoms with Crippen LogP contribution >= 0.6 is 0 Å². The molecular formula is C20H13NO2. The molecule has 0 fully saturated rings. The van der Waals surface area contributed by atoms with E-state index in [1.54, 1.807) is 0 Å². The zero-order valence-electron chi connectivity index (χ0n) is 12.3. The topological polar surface area (TPSA) is 30.8 Å². The number of hydrogen-bond acceptors (Lipinski definition) is 3. The first kappa shape index (κ1) is 12.5. The van der Waals surface area contributed by atoms with Gasteiger partial charge in [0.2, 0.25) is 6.79 Å². The molecule has 3 aromatic rings. The summed E-state index contributed by atoms with van der Waals surface area (Å²) in [5.41, 5.74) is 6.70. The summed E-state index contributed by atoms with van der Waals surface area (Å²) < 4.78 is 10.8. The highest BCUT2D eigenvalue weighted by atomic mass is 16.7. The molecule has 0 saturated heterocycles. The Morgan fingerprint density at radius 2 is 1.26 bits per heavy atom. The van der Waals surface area contributed by atoms with Crippen LogP contribution in [0.5, 0.6) is 11.5 Å². The molecule has 1 heterocycles. The van der Waals surface area contributed by atoms with Gasteiger partial charge >= 0.3 is 0 Å². The lowest BCUT2D eigenvalue weighted by atomic mass is 10.1. The van der Waals surface area contributed by atoms with Gasteiger partial charge in [0.15, 0.2) is 11.5 Å². The average molecular weight is 299 g/mol. The van der Waals surface area contributed by atoms with Gasteiger partial charge in [-0.3, -0.25) is 0 Å². The lowest BCUT2D eigenvalue weighted by Crippen LogP contribution is -1.97. The van der Waals surface area contributed by atoms with E-state index in [-0.39, 0.29) is 6.79 Å². The van der Waals surface area contributed by atoms with E-state index < -0.39 is 0 Å². The summed E-state index contributed by atoms with van der Waals surface area (Å²) in [5.74, 6) is 1.53. The molecule has 0 radical (unpaired) electrons. The van der Waals surface area contributed by atoms with E-state index in [0.717, 1.165) is 22.9 Å². The summed E-state index contributed by atoms with van der Waals surface area (Å²) in [6.45, 7) is 0.279. The fourth-order valence-electron chi connectivity index (χ4n) is 3.20. The highest BCUT2D eigenvalue weighted by molar-refractivity contribution is 6.25. The minimum Gasteiger partial charge on any atom is -0.454 e. The molecular weight excluding hydrogens is 286 g/mol. The van der Waals surface area contributed by atoms with Crippen molar-refractivity contribution in [2.24, 2.45) is 4.99 Å². The zero-order chi connectivity index (χ0) is 15.2. The van der Waals surface area contributed by atoms with Crippen LogP contribution in [0.4, 0.5) is 5.69 Å². The molecule has 1 aliphatic carbocycles. The van der Waals surface area contributed by atoms with Crippen molar-refractivity contribution < 1.29 is 9.47 Å². The number of fused-ring (bicyclic) bond motifs is 4. The van der Waals surface area contributed by atoms with Crippen LogP contribution in [0, 0.1) is 0 Å². The van der Waals surface area contributed by atoms with Gasteiger partial charge in [0.25, 0.3) is 0 Å². The second-order valence-electron chi connectivity index (χ2n) is 5.59. The van der Waals surface area contributed by atoms with Crippen molar-refractivity contribution in [3.63, 3.8) is 0 Å². The van der Waals surface area contributed by atoms with E-state index in [9.17, 15) is 0 Å². The van der Waals surface area contributed by atoms with Crippen LogP contribution in [-0.4, -0.2) is 12.5 Å². The standard InChI is InChI=1S/C20H13NO2/c1-3-7-16-14(5-1)15-6-2-4-8-17(15)20(16)21-13-9-10-18-19(11-13)23-12-22-18/h1-11H,12H2. The normalized spacial score (nSPS) is 13.7. The third kappa shape index (κ3) is 1.87. The van der Waals surface area contributed by atoms with Crippen LogP contribution < -0.4 is 9.47 Å². The van der Waals surface area contributed by atoms with Gasteiger partial charge in [-0.25, -0.2) is 4.99 Å². The van der Waals surface area contributed by atoms with Crippen molar-refractivity contribution in [3.8, 4) is 22.6 Å².